The summed E-state index contributed by atoms with van der Waals surface area (Å²) in [6, 6.07) is 11.6. The Labute approximate surface area is 182 Å². The first-order valence-corrected chi connectivity index (χ1v) is 11.2. The number of nitrogens with zero attached hydrogens (tertiary/aromatic N) is 3. The lowest BCUT2D eigenvalue weighted by atomic mass is 9.99. The van der Waals surface area contributed by atoms with Crippen LogP contribution in [0.25, 0.3) is 10.6 Å². The van der Waals surface area contributed by atoms with E-state index in [0.717, 1.165) is 47.9 Å². The number of carbonyl (C=O) groups is 1. The smallest absolute Gasteiger partial charge is 0.235 e. The first-order valence-electron chi connectivity index (χ1n) is 9.57. The molecule has 2 fully saturated rings. The van der Waals surface area contributed by atoms with Gasteiger partial charge in [0.2, 0.25) is 5.91 Å². The van der Waals surface area contributed by atoms with E-state index in [-0.39, 0.29) is 5.91 Å². The van der Waals surface area contributed by atoms with E-state index in [0.29, 0.717) is 23.1 Å². The van der Waals surface area contributed by atoms with Gasteiger partial charge in [0.1, 0.15) is 0 Å². The molecule has 29 heavy (non-hydrogen) atoms. The molecule has 150 valence electrons. The molecule has 1 saturated carbocycles. The number of anilines is 1. The zero-order chi connectivity index (χ0) is 20.0. The maximum absolute atomic E-state index is 13.3. The standard InChI is InChI=1S/C21H19Cl2N3O2S/c22-15-4-3-14(12-16(15)23)25-7-9-26(10-8-25)20(27)21(5-6-21)19-13-17(28-24-19)18-2-1-11-29-18/h1-4,11-13H,5-10H2. The van der Waals surface area contributed by atoms with Crippen molar-refractivity contribution in [2.24, 2.45) is 0 Å². The summed E-state index contributed by atoms with van der Waals surface area (Å²) in [5.74, 6) is 0.899. The SMILES string of the molecule is O=C(N1CCN(c2ccc(Cl)c(Cl)c2)CC1)C1(c2cc(-c3cccs3)on2)CC1. The van der Waals surface area contributed by atoms with E-state index in [1.54, 1.807) is 11.3 Å². The Morgan fingerprint density at radius 3 is 2.52 bits per heavy atom. The topological polar surface area (TPSA) is 49.6 Å². The second kappa shape index (κ2) is 7.35. The molecule has 8 heteroatoms. The van der Waals surface area contributed by atoms with E-state index in [2.05, 4.69) is 10.1 Å². The summed E-state index contributed by atoms with van der Waals surface area (Å²) in [6.07, 6.45) is 1.66. The molecular weight excluding hydrogens is 429 g/mol. The quantitative estimate of drug-likeness (QED) is 0.558. The molecule has 0 spiro atoms. The van der Waals surface area contributed by atoms with Crippen molar-refractivity contribution in [3.63, 3.8) is 0 Å². The van der Waals surface area contributed by atoms with Crippen molar-refractivity contribution in [3.05, 3.63) is 57.5 Å². The van der Waals surface area contributed by atoms with Crippen LogP contribution in [-0.2, 0) is 10.2 Å². The number of hydrogen-bond acceptors (Lipinski definition) is 5. The third kappa shape index (κ3) is 3.43. The molecule has 0 radical (unpaired) electrons. The van der Waals surface area contributed by atoms with Gasteiger partial charge in [-0.15, -0.1) is 11.3 Å². The van der Waals surface area contributed by atoms with Crippen LogP contribution in [0.15, 0.2) is 46.3 Å². The molecule has 1 saturated heterocycles. The highest BCUT2D eigenvalue weighted by Gasteiger charge is 2.55. The molecule has 1 aliphatic heterocycles. The monoisotopic (exact) mass is 447 g/mol. The maximum atomic E-state index is 13.3. The van der Waals surface area contributed by atoms with Gasteiger partial charge in [-0.1, -0.05) is 34.4 Å². The summed E-state index contributed by atoms with van der Waals surface area (Å²) in [5.41, 5.74) is 1.28. The highest BCUT2D eigenvalue weighted by molar-refractivity contribution is 7.13. The number of amides is 1. The molecule has 3 heterocycles. The van der Waals surface area contributed by atoms with E-state index >= 15 is 0 Å². The minimum Gasteiger partial charge on any atom is -0.368 e. The van der Waals surface area contributed by atoms with E-state index in [9.17, 15) is 4.79 Å². The van der Waals surface area contributed by atoms with Gasteiger partial charge in [-0.25, -0.2) is 0 Å². The van der Waals surface area contributed by atoms with Gasteiger partial charge >= 0.3 is 0 Å². The molecule has 1 aliphatic carbocycles. The number of benzene rings is 1. The first kappa shape index (κ1) is 19.0. The average Bonchev–Trinajstić information content (AvgIpc) is 3.15. The Bertz CT molecular complexity index is 1040. The van der Waals surface area contributed by atoms with E-state index in [1.807, 2.05) is 46.7 Å². The van der Waals surface area contributed by atoms with E-state index < -0.39 is 5.41 Å². The maximum Gasteiger partial charge on any atom is 0.235 e. The lowest BCUT2D eigenvalue weighted by Gasteiger charge is -2.37. The number of carbonyl (C=O) groups excluding carboxylic acids is 1. The van der Waals surface area contributed by atoms with Gasteiger partial charge in [-0.2, -0.15) is 0 Å². The second-order valence-corrected chi connectivity index (χ2v) is 9.28. The number of piperazine rings is 1. The summed E-state index contributed by atoms with van der Waals surface area (Å²) in [4.78, 5) is 18.5. The van der Waals surface area contributed by atoms with Gasteiger partial charge < -0.3 is 14.3 Å². The third-order valence-corrected chi connectivity index (χ3v) is 7.38. The van der Waals surface area contributed by atoms with Crippen LogP contribution in [-0.4, -0.2) is 42.1 Å². The van der Waals surface area contributed by atoms with Gasteiger partial charge in [-0.05, 0) is 42.5 Å². The lowest BCUT2D eigenvalue weighted by molar-refractivity contribution is -0.134. The Kier molecular flexibility index (Phi) is 4.81. The molecule has 0 N–H and O–H groups in total. The molecule has 0 bridgehead atoms. The Morgan fingerprint density at radius 1 is 1.07 bits per heavy atom. The van der Waals surface area contributed by atoms with Crippen LogP contribution in [0, 0.1) is 0 Å². The molecule has 2 aliphatic rings. The van der Waals surface area contributed by atoms with Gasteiger partial charge in [-0.3, -0.25) is 4.79 Å². The highest BCUT2D eigenvalue weighted by atomic mass is 35.5. The van der Waals surface area contributed by atoms with Gasteiger partial charge in [0.25, 0.3) is 0 Å². The van der Waals surface area contributed by atoms with E-state index in [4.69, 9.17) is 27.7 Å². The molecule has 3 aromatic rings. The zero-order valence-corrected chi connectivity index (χ0v) is 17.9. The first-order chi connectivity index (χ1) is 14.1. The fourth-order valence-corrected chi connectivity index (χ4v) is 4.86. The van der Waals surface area contributed by atoms with Gasteiger partial charge in [0.05, 0.1) is 26.0 Å². The van der Waals surface area contributed by atoms with Crippen molar-refractivity contribution in [1.29, 1.82) is 0 Å². The van der Waals surface area contributed by atoms with Crippen molar-refractivity contribution in [1.82, 2.24) is 10.1 Å². The summed E-state index contributed by atoms with van der Waals surface area (Å²) < 4.78 is 5.53. The fourth-order valence-electron chi connectivity index (χ4n) is 3.89. The number of aromatic nitrogens is 1. The van der Waals surface area contributed by atoms with Crippen LogP contribution >= 0.6 is 34.5 Å². The molecular formula is C21H19Cl2N3O2S. The number of thiophene rings is 1. The molecule has 2 aromatic heterocycles. The van der Waals surface area contributed by atoms with Crippen LogP contribution in [0.1, 0.15) is 18.5 Å². The van der Waals surface area contributed by atoms with Crippen molar-refractivity contribution < 1.29 is 9.32 Å². The Hall–Kier alpha value is -2.02. The minimum atomic E-state index is -0.509. The summed E-state index contributed by atoms with van der Waals surface area (Å²) in [7, 11) is 0. The van der Waals surface area contributed by atoms with Crippen LogP contribution < -0.4 is 4.90 Å². The predicted molar refractivity (Wildman–Crippen MR) is 116 cm³/mol. The van der Waals surface area contributed by atoms with Crippen molar-refractivity contribution >= 4 is 46.1 Å². The second-order valence-electron chi connectivity index (χ2n) is 7.51. The Balaban J connectivity index is 1.27. The van der Waals surface area contributed by atoms with Gasteiger partial charge in [0, 0.05) is 37.9 Å². The molecule has 5 rings (SSSR count). The zero-order valence-electron chi connectivity index (χ0n) is 15.6. The summed E-state index contributed by atoms with van der Waals surface area (Å²) >= 11 is 13.8. The van der Waals surface area contributed by atoms with Crippen LogP contribution in [0.4, 0.5) is 5.69 Å². The fraction of sp³-hybridized carbons (Fsp3) is 0.333. The third-order valence-electron chi connectivity index (χ3n) is 5.76. The summed E-state index contributed by atoms with van der Waals surface area (Å²) in [5, 5.41) is 7.35. The minimum absolute atomic E-state index is 0.164. The molecule has 5 nitrogen and oxygen atoms in total. The lowest BCUT2D eigenvalue weighted by Crippen LogP contribution is -2.51. The highest BCUT2D eigenvalue weighted by Crippen LogP contribution is 2.50. The number of halogens is 2. The normalized spacial score (nSPS) is 18.1. The number of rotatable bonds is 4. The van der Waals surface area contributed by atoms with E-state index in [1.165, 1.54) is 0 Å². The van der Waals surface area contributed by atoms with Crippen molar-refractivity contribution in [2.45, 2.75) is 18.3 Å². The molecule has 0 unspecified atom stereocenters. The van der Waals surface area contributed by atoms with Gasteiger partial charge in [0.15, 0.2) is 5.76 Å². The Morgan fingerprint density at radius 2 is 1.86 bits per heavy atom. The van der Waals surface area contributed by atoms with Crippen molar-refractivity contribution in [2.75, 3.05) is 31.1 Å². The molecule has 1 amide bonds. The van der Waals surface area contributed by atoms with Crippen LogP contribution in [0.2, 0.25) is 10.0 Å². The van der Waals surface area contributed by atoms with Crippen LogP contribution in [0.3, 0.4) is 0 Å². The predicted octanol–water partition coefficient (Wildman–Crippen LogP) is 5.09. The van der Waals surface area contributed by atoms with Crippen molar-refractivity contribution in [3.8, 4) is 10.6 Å². The summed E-state index contributed by atoms with van der Waals surface area (Å²) in [6.45, 7) is 2.88. The average molecular weight is 448 g/mol. The molecule has 0 atom stereocenters. The van der Waals surface area contributed by atoms with Crippen LogP contribution in [0.5, 0.6) is 0 Å². The molecule has 1 aromatic carbocycles. The largest absolute Gasteiger partial charge is 0.368 e. The number of hydrogen-bond donors (Lipinski definition) is 0.